The largest absolute Gasteiger partial charge is 0.269 e. The average molecular weight is 294 g/mol. The molecule has 0 aliphatic heterocycles. The lowest BCUT2D eigenvalue weighted by atomic mass is 10.1. The van der Waals surface area contributed by atoms with Crippen molar-refractivity contribution in [2.75, 3.05) is 0 Å². The molecule has 0 aromatic rings. The van der Waals surface area contributed by atoms with Crippen molar-refractivity contribution in [3.63, 3.8) is 0 Å². The lowest BCUT2D eigenvalue weighted by Gasteiger charge is -1.98. The number of hydrogen-bond donors (Lipinski definition) is 0. The van der Waals surface area contributed by atoms with Gasteiger partial charge >= 0.3 is 0 Å². The van der Waals surface area contributed by atoms with Gasteiger partial charge in [0.2, 0.25) is 0 Å². The maximum absolute atomic E-state index is 4.36. The van der Waals surface area contributed by atoms with Crippen molar-refractivity contribution in [1.82, 2.24) is 0 Å². The number of rotatable bonds is 16. The predicted molar refractivity (Wildman–Crippen MR) is 98.2 cm³/mol. The van der Waals surface area contributed by atoms with Crippen LogP contribution in [0.4, 0.5) is 0 Å². The molecule has 0 saturated carbocycles. The first-order valence-corrected chi connectivity index (χ1v) is 9.58. The van der Waals surface area contributed by atoms with Gasteiger partial charge in [-0.1, -0.05) is 90.6 Å². The second-order valence-electron chi connectivity index (χ2n) is 6.18. The van der Waals surface area contributed by atoms with Crippen molar-refractivity contribution in [3.8, 4) is 0 Å². The maximum atomic E-state index is 4.36. The Morgan fingerprint density at radius 1 is 0.571 bits per heavy atom. The van der Waals surface area contributed by atoms with Gasteiger partial charge in [0, 0.05) is 12.4 Å². The molecule has 0 aliphatic carbocycles. The molecule has 0 aliphatic rings. The van der Waals surface area contributed by atoms with Crippen molar-refractivity contribution in [2.45, 2.75) is 110 Å². The smallest absolute Gasteiger partial charge is 0.0223 e. The van der Waals surface area contributed by atoms with Gasteiger partial charge in [-0.2, -0.15) is 0 Å². The summed E-state index contributed by atoms with van der Waals surface area (Å²) in [5.41, 5.74) is 0. The minimum atomic E-state index is 1.15. The molecule has 0 amide bonds. The zero-order valence-electron chi connectivity index (χ0n) is 14.8. The zero-order valence-corrected chi connectivity index (χ0v) is 14.8. The monoisotopic (exact) mass is 293 g/mol. The molecular weight excluding hydrogens is 254 g/mol. The number of unbranched alkanes of at least 4 members (excludes halogenated alkanes) is 13. The summed E-state index contributed by atoms with van der Waals surface area (Å²) in [6, 6.07) is 0. The van der Waals surface area contributed by atoms with Crippen LogP contribution in [0.15, 0.2) is 17.3 Å². The van der Waals surface area contributed by atoms with Crippen LogP contribution in [-0.4, -0.2) is 6.21 Å². The third kappa shape index (κ3) is 19.4. The first kappa shape index (κ1) is 20.4. The van der Waals surface area contributed by atoms with E-state index in [1.165, 1.54) is 89.9 Å². The number of allylic oxidation sites excluding steroid dienone is 1. The predicted octanol–water partition coefficient (Wildman–Crippen LogP) is 7.46. The quantitative estimate of drug-likeness (QED) is 0.207. The summed E-state index contributed by atoms with van der Waals surface area (Å²) in [5, 5.41) is 0. The fourth-order valence-corrected chi connectivity index (χ4v) is 2.51. The van der Waals surface area contributed by atoms with Gasteiger partial charge in [-0.25, -0.2) is 0 Å². The Labute approximate surface area is 134 Å². The SMILES string of the molecule is CCCCCCCCC=CN=CCCCCCCCCC. The van der Waals surface area contributed by atoms with Crippen LogP contribution in [0.3, 0.4) is 0 Å². The Bertz CT molecular complexity index is 230. The number of nitrogens with zero attached hydrogens (tertiary/aromatic N) is 1. The van der Waals surface area contributed by atoms with Gasteiger partial charge < -0.3 is 0 Å². The molecule has 0 aromatic carbocycles. The maximum Gasteiger partial charge on any atom is 0.0223 e. The molecule has 1 nitrogen and oxygen atoms in total. The topological polar surface area (TPSA) is 12.4 Å². The minimum absolute atomic E-state index is 1.15. The van der Waals surface area contributed by atoms with Crippen molar-refractivity contribution in [2.24, 2.45) is 4.99 Å². The lowest BCUT2D eigenvalue weighted by Crippen LogP contribution is -1.81. The highest BCUT2D eigenvalue weighted by Gasteiger charge is 1.89. The van der Waals surface area contributed by atoms with Gasteiger partial charge in [-0.05, 0) is 25.7 Å². The Morgan fingerprint density at radius 3 is 1.62 bits per heavy atom. The van der Waals surface area contributed by atoms with Crippen LogP contribution in [-0.2, 0) is 0 Å². The first-order chi connectivity index (χ1) is 10.4. The van der Waals surface area contributed by atoms with Crippen molar-refractivity contribution >= 4 is 6.21 Å². The number of aliphatic imine (C=N–C) groups is 1. The van der Waals surface area contributed by atoms with Gasteiger partial charge in [0.1, 0.15) is 0 Å². The molecule has 0 aromatic heterocycles. The van der Waals surface area contributed by atoms with E-state index in [1.54, 1.807) is 0 Å². The summed E-state index contributed by atoms with van der Waals surface area (Å²) in [6.45, 7) is 4.55. The van der Waals surface area contributed by atoms with Crippen molar-refractivity contribution in [1.29, 1.82) is 0 Å². The Balaban J connectivity index is 3.15. The number of hydrogen-bond acceptors (Lipinski definition) is 1. The molecule has 0 spiro atoms. The second kappa shape index (κ2) is 19.4. The minimum Gasteiger partial charge on any atom is -0.269 e. The van der Waals surface area contributed by atoms with E-state index in [2.05, 4.69) is 31.1 Å². The molecule has 0 rings (SSSR count). The fourth-order valence-electron chi connectivity index (χ4n) is 2.51. The average Bonchev–Trinajstić information content (AvgIpc) is 2.50. The molecule has 0 fully saturated rings. The fraction of sp³-hybridized carbons (Fsp3) is 0.850. The van der Waals surface area contributed by atoms with E-state index in [-0.39, 0.29) is 0 Å². The molecule has 1 heteroatoms. The third-order valence-electron chi connectivity index (χ3n) is 3.96. The molecule has 21 heavy (non-hydrogen) atoms. The van der Waals surface area contributed by atoms with Gasteiger partial charge in [0.05, 0.1) is 0 Å². The highest BCUT2D eigenvalue weighted by molar-refractivity contribution is 5.57. The summed E-state index contributed by atoms with van der Waals surface area (Å²) < 4.78 is 0. The third-order valence-corrected chi connectivity index (χ3v) is 3.96. The Kier molecular flexibility index (Phi) is 18.9. The summed E-state index contributed by atoms with van der Waals surface area (Å²) in [6.07, 6.45) is 26.6. The van der Waals surface area contributed by atoms with E-state index in [0.717, 1.165) is 6.42 Å². The molecule has 0 atom stereocenters. The van der Waals surface area contributed by atoms with E-state index < -0.39 is 0 Å². The molecule has 0 heterocycles. The second-order valence-corrected chi connectivity index (χ2v) is 6.18. The van der Waals surface area contributed by atoms with E-state index >= 15 is 0 Å². The summed E-state index contributed by atoms with van der Waals surface area (Å²) >= 11 is 0. The van der Waals surface area contributed by atoms with Crippen LogP contribution in [0.2, 0.25) is 0 Å². The lowest BCUT2D eigenvalue weighted by molar-refractivity contribution is 0.596. The highest BCUT2D eigenvalue weighted by atomic mass is 14.7. The van der Waals surface area contributed by atoms with Crippen LogP contribution in [0.5, 0.6) is 0 Å². The molecule has 0 N–H and O–H groups in total. The molecule has 124 valence electrons. The van der Waals surface area contributed by atoms with Gasteiger partial charge in [0.25, 0.3) is 0 Å². The summed E-state index contributed by atoms with van der Waals surface area (Å²) in [5.74, 6) is 0. The van der Waals surface area contributed by atoms with Gasteiger partial charge in [0.15, 0.2) is 0 Å². The standard InChI is InChI=1S/C20H39N/c1-3-5-7-9-11-13-15-17-19-21-20-18-16-14-12-10-8-6-4-2/h17,19-20H,3-16,18H2,1-2H3. The van der Waals surface area contributed by atoms with Gasteiger partial charge in [-0.3, -0.25) is 4.99 Å². The molecule has 0 saturated heterocycles. The molecule has 0 unspecified atom stereocenters. The molecule has 0 radical (unpaired) electrons. The molecular formula is C20H39N. The Morgan fingerprint density at radius 2 is 1.05 bits per heavy atom. The highest BCUT2D eigenvalue weighted by Crippen LogP contribution is 2.08. The van der Waals surface area contributed by atoms with Gasteiger partial charge in [-0.15, -0.1) is 0 Å². The van der Waals surface area contributed by atoms with E-state index in [4.69, 9.17) is 0 Å². The Hall–Kier alpha value is -0.590. The summed E-state index contributed by atoms with van der Waals surface area (Å²) in [4.78, 5) is 4.36. The van der Waals surface area contributed by atoms with Crippen LogP contribution in [0.1, 0.15) is 110 Å². The van der Waals surface area contributed by atoms with Crippen LogP contribution >= 0.6 is 0 Å². The van der Waals surface area contributed by atoms with Crippen LogP contribution in [0.25, 0.3) is 0 Å². The van der Waals surface area contributed by atoms with Crippen LogP contribution < -0.4 is 0 Å². The van der Waals surface area contributed by atoms with Crippen LogP contribution in [0, 0.1) is 0 Å². The van der Waals surface area contributed by atoms with E-state index in [1.807, 2.05) is 6.20 Å². The van der Waals surface area contributed by atoms with Crippen molar-refractivity contribution in [3.05, 3.63) is 12.3 Å². The first-order valence-electron chi connectivity index (χ1n) is 9.58. The van der Waals surface area contributed by atoms with E-state index in [9.17, 15) is 0 Å². The normalized spacial score (nSPS) is 11.9. The zero-order chi connectivity index (χ0) is 15.4. The van der Waals surface area contributed by atoms with E-state index in [0.29, 0.717) is 0 Å². The molecule has 0 bridgehead atoms. The van der Waals surface area contributed by atoms with Crippen molar-refractivity contribution < 1.29 is 0 Å². The summed E-state index contributed by atoms with van der Waals surface area (Å²) in [7, 11) is 0.